The van der Waals surface area contributed by atoms with Crippen LogP contribution in [0.2, 0.25) is 0 Å². The van der Waals surface area contributed by atoms with Crippen LogP contribution in [0.1, 0.15) is 95.0 Å². The molecule has 58 heavy (non-hydrogen) atoms. The molecule has 1 aliphatic carbocycles. The Balaban J connectivity index is 1.29. The van der Waals surface area contributed by atoms with Gasteiger partial charge in [0, 0.05) is 34.4 Å². The van der Waals surface area contributed by atoms with E-state index in [2.05, 4.69) is 26.4 Å². The first-order valence-corrected chi connectivity index (χ1v) is 21.7. The molecule has 1 saturated carbocycles. The van der Waals surface area contributed by atoms with Crippen LogP contribution in [-0.4, -0.2) is 95.3 Å². The second-order valence-corrected chi connectivity index (χ2v) is 18.4. The molecular weight excluding hydrogens is 757 g/mol. The Hall–Kier alpha value is -5.31. The van der Waals surface area contributed by atoms with E-state index in [1.807, 2.05) is 46.8 Å². The molecular formula is C44H48N6O7S. The molecule has 14 heteroatoms. The number of sulfonamides is 1. The summed E-state index contributed by atoms with van der Waals surface area (Å²) in [6.07, 6.45) is 12.8. The maximum Gasteiger partial charge on any atom is 0.264 e. The van der Waals surface area contributed by atoms with Gasteiger partial charge in [0.1, 0.15) is 5.75 Å². The highest BCUT2D eigenvalue weighted by atomic mass is 32.2. The number of methoxy groups -OCH3 is 1. The summed E-state index contributed by atoms with van der Waals surface area (Å²) in [7, 11) is -2.22. The van der Waals surface area contributed by atoms with Crippen molar-refractivity contribution in [1.82, 2.24) is 29.0 Å². The number of hydrogen-bond donors (Lipinski definition) is 1. The fourth-order valence-electron chi connectivity index (χ4n) is 9.20. The average molecular weight is 805 g/mol. The van der Waals surface area contributed by atoms with Gasteiger partial charge in [-0.15, -0.1) is 0 Å². The van der Waals surface area contributed by atoms with Gasteiger partial charge in [0.2, 0.25) is 10.0 Å². The fraction of sp³-hybridized carbons (Fsp3) is 0.409. The number of aryl methyl sites for hydroxylation is 1. The Bertz CT molecular complexity index is 2560. The van der Waals surface area contributed by atoms with Gasteiger partial charge < -0.3 is 23.7 Å². The Morgan fingerprint density at radius 3 is 2.36 bits per heavy atom. The van der Waals surface area contributed by atoms with Crippen molar-refractivity contribution in [2.75, 3.05) is 33.5 Å². The average Bonchev–Trinajstić information content (AvgIpc) is 3.74. The molecule has 2 amide bonds. The number of pyridine rings is 1. The summed E-state index contributed by atoms with van der Waals surface area (Å²) < 4.78 is 49.6. The van der Waals surface area contributed by atoms with Gasteiger partial charge in [-0.2, -0.15) is 5.10 Å². The van der Waals surface area contributed by atoms with Crippen LogP contribution in [0.3, 0.4) is 0 Å². The van der Waals surface area contributed by atoms with E-state index in [1.54, 1.807) is 45.6 Å². The second-order valence-electron chi connectivity index (χ2n) is 16.1. The molecule has 5 aromatic rings. The number of allylic oxidation sites excluding steroid dienone is 1. The Kier molecular flexibility index (Phi) is 9.97. The SMILES string of the molecule is COc1ccc2c(c1)C=C(c1c(C(=O)N3C4COCC3COC4)cnn1-c1ccncc1C)Cn1c-2c(C2CCCCC2)c2ccc(C(=O)NS(=O)(=O)C(C)C)cc21. The van der Waals surface area contributed by atoms with Crippen LogP contribution in [0.5, 0.6) is 5.75 Å². The van der Waals surface area contributed by atoms with Gasteiger partial charge in [-0.3, -0.25) is 14.6 Å². The number of morpholine rings is 2. The fourth-order valence-corrected chi connectivity index (χ4v) is 9.81. The summed E-state index contributed by atoms with van der Waals surface area (Å²) in [6.45, 7) is 6.94. The molecule has 1 N–H and O–H groups in total. The molecule has 2 aromatic carbocycles. The third-order valence-corrected chi connectivity index (χ3v) is 13.9. The number of nitrogens with one attached hydrogen (secondary N) is 1. The molecule has 3 fully saturated rings. The highest BCUT2D eigenvalue weighted by Gasteiger charge is 2.41. The normalized spacial score (nSPS) is 19.7. The standard InChI is InChI=1S/C44H48N6O7S/c1-26(2)58(53,54)47-43(51)29-10-12-36-39(18-29)48-21-31(16-30-17-34(55-4)11-13-35(30)42(48)40(36)28-8-6-5-7-9-28)41-37(20-46-50(41)38-14-15-45-19-27(38)3)44(52)49-32-22-56-24-33(49)25-57-23-32/h10-20,26,28,32-33H,5-9,21-25H2,1-4H3,(H,47,51). The second kappa shape index (κ2) is 15.1. The molecule has 4 aliphatic rings. The molecule has 0 atom stereocenters. The van der Waals surface area contributed by atoms with Crippen molar-refractivity contribution < 1.29 is 32.2 Å². The van der Waals surface area contributed by atoms with Crippen molar-refractivity contribution in [3.63, 3.8) is 0 Å². The largest absolute Gasteiger partial charge is 0.497 e. The highest BCUT2D eigenvalue weighted by molar-refractivity contribution is 7.90. The number of hydrogen-bond acceptors (Lipinski definition) is 9. The molecule has 13 nitrogen and oxygen atoms in total. The molecule has 9 rings (SSSR count). The van der Waals surface area contributed by atoms with Gasteiger partial charge >= 0.3 is 0 Å². The van der Waals surface area contributed by atoms with E-state index >= 15 is 0 Å². The van der Waals surface area contributed by atoms with Crippen molar-refractivity contribution in [3.05, 3.63) is 94.6 Å². The first kappa shape index (κ1) is 38.2. The van der Waals surface area contributed by atoms with E-state index in [-0.39, 0.29) is 29.5 Å². The number of carbonyl (C=O) groups is 2. The number of nitrogens with zero attached hydrogens (tertiary/aromatic N) is 5. The van der Waals surface area contributed by atoms with Gasteiger partial charge in [0.15, 0.2) is 0 Å². The van der Waals surface area contributed by atoms with E-state index < -0.39 is 21.2 Å². The Morgan fingerprint density at radius 1 is 0.931 bits per heavy atom. The molecule has 0 spiro atoms. The van der Waals surface area contributed by atoms with Crippen LogP contribution in [-0.2, 0) is 26.0 Å². The van der Waals surface area contributed by atoms with Gasteiger partial charge in [0.05, 0.1) is 86.3 Å². The van der Waals surface area contributed by atoms with Crippen LogP contribution in [0.15, 0.2) is 61.1 Å². The number of amides is 2. The topological polar surface area (TPSA) is 147 Å². The minimum atomic E-state index is -3.87. The lowest BCUT2D eigenvalue weighted by Crippen LogP contribution is -2.61. The van der Waals surface area contributed by atoms with Crippen LogP contribution in [0, 0.1) is 6.92 Å². The third-order valence-electron chi connectivity index (χ3n) is 12.2. The van der Waals surface area contributed by atoms with Crippen LogP contribution >= 0.6 is 0 Å². The molecule has 3 aromatic heterocycles. The first-order chi connectivity index (χ1) is 28.0. The summed E-state index contributed by atoms with van der Waals surface area (Å²) >= 11 is 0. The molecule has 2 bridgehead atoms. The maximum absolute atomic E-state index is 15.0. The summed E-state index contributed by atoms with van der Waals surface area (Å²) in [6, 6.07) is 13.1. The number of ether oxygens (including phenoxy) is 3. The quantitative estimate of drug-likeness (QED) is 0.185. The lowest BCUT2D eigenvalue weighted by atomic mass is 9.81. The smallest absolute Gasteiger partial charge is 0.264 e. The van der Waals surface area contributed by atoms with Gasteiger partial charge in [-0.05, 0) is 104 Å². The number of benzene rings is 2. The summed E-state index contributed by atoms with van der Waals surface area (Å²) in [5.41, 5.74) is 8.82. The predicted molar refractivity (Wildman–Crippen MR) is 221 cm³/mol. The zero-order valence-electron chi connectivity index (χ0n) is 33.2. The maximum atomic E-state index is 15.0. The molecule has 2 saturated heterocycles. The highest BCUT2D eigenvalue weighted by Crippen LogP contribution is 2.48. The Morgan fingerprint density at radius 2 is 1.67 bits per heavy atom. The number of aromatic nitrogens is 4. The monoisotopic (exact) mass is 804 g/mol. The minimum Gasteiger partial charge on any atom is -0.497 e. The van der Waals surface area contributed by atoms with Crippen LogP contribution in [0.4, 0.5) is 0 Å². The summed E-state index contributed by atoms with van der Waals surface area (Å²) in [5.74, 6) is 0.143. The lowest BCUT2D eigenvalue weighted by molar-refractivity contribution is -0.119. The minimum absolute atomic E-state index is 0.142. The van der Waals surface area contributed by atoms with Gasteiger partial charge in [-0.25, -0.2) is 17.8 Å². The molecule has 302 valence electrons. The molecule has 6 heterocycles. The summed E-state index contributed by atoms with van der Waals surface area (Å²) in [4.78, 5) is 34.9. The first-order valence-electron chi connectivity index (χ1n) is 20.1. The van der Waals surface area contributed by atoms with Crippen LogP contribution < -0.4 is 9.46 Å². The van der Waals surface area contributed by atoms with E-state index in [0.29, 0.717) is 50.0 Å². The van der Waals surface area contributed by atoms with Crippen molar-refractivity contribution in [3.8, 4) is 22.7 Å². The number of fused-ring (bicyclic) bond motifs is 7. The van der Waals surface area contributed by atoms with E-state index in [4.69, 9.17) is 19.3 Å². The molecule has 3 aliphatic heterocycles. The molecule has 0 radical (unpaired) electrons. The number of carbonyl (C=O) groups excluding carboxylic acids is 2. The van der Waals surface area contributed by atoms with Crippen molar-refractivity contribution in [2.24, 2.45) is 0 Å². The van der Waals surface area contributed by atoms with Gasteiger partial charge in [0.25, 0.3) is 11.8 Å². The zero-order valence-corrected chi connectivity index (χ0v) is 34.0. The zero-order chi connectivity index (χ0) is 40.3. The van der Waals surface area contributed by atoms with Crippen LogP contribution in [0.25, 0.3) is 39.5 Å². The third kappa shape index (κ3) is 6.60. The van der Waals surface area contributed by atoms with Crippen molar-refractivity contribution in [1.29, 1.82) is 0 Å². The van der Waals surface area contributed by atoms with Gasteiger partial charge in [-0.1, -0.05) is 25.3 Å². The van der Waals surface area contributed by atoms with E-state index in [1.165, 1.54) is 12.0 Å². The van der Waals surface area contributed by atoms with E-state index in [0.717, 1.165) is 70.2 Å². The molecule has 0 unspecified atom stereocenters. The summed E-state index contributed by atoms with van der Waals surface area (Å²) in [5, 5.41) is 5.17. The Labute approximate surface area is 338 Å². The van der Waals surface area contributed by atoms with E-state index in [9.17, 15) is 18.0 Å². The number of rotatable bonds is 8. The predicted octanol–water partition coefficient (Wildman–Crippen LogP) is 6.52. The lowest BCUT2D eigenvalue weighted by Gasteiger charge is -2.45. The van der Waals surface area contributed by atoms with Crippen molar-refractivity contribution >= 4 is 44.4 Å². The van der Waals surface area contributed by atoms with Crippen molar-refractivity contribution in [2.45, 2.75) is 82.7 Å².